The zero-order valence-corrected chi connectivity index (χ0v) is 13.6. The van der Waals surface area contributed by atoms with Gasteiger partial charge in [-0.1, -0.05) is 25.1 Å². The van der Waals surface area contributed by atoms with Crippen LogP contribution >= 0.6 is 0 Å². The third-order valence-electron chi connectivity index (χ3n) is 3.51. The number of rotatable bonds is 4. The summed E-state index contributed by atoms with van der Waals surface area (Å²) in [6.45, 7) is 5.42. The third kappa shape index (κ3) is 3.36. The molecule has 0 radical (unpaired) electrons. The average Bonchev–Trinajstić information content (AvgIpc) is 2.51. The number of benzene rings is 2. The Hall–Kier alpha value is -2.14. The second-order valence-corrected chi connectivity index (χ2v) is 7.28. The fourth-order valence-corrected chi connectivity index (χ4v) is 3.08. The summed E-state index contributed by atoms with van der Waals surface area (Å²) in [4.78, 5) is 12.3. The first-order valence-electron chi connectivity index (χ1n) is 6.96. The van der Waals surface area contributed by atoms with Crippen LogP contribution in [0.5, 0.6) is 5.75 Å². The summed E-state index contributed by atoms with van der Waals surface area (Å²) >= 11 is 0. The highest BCUT2D eigenvalue weighted by atomic mass is 32.2. The van der Waals surface area contributed by atoms with E-state index in [1.165, 1.54) is 12.1 Å². The second kappa shape index (κ2) is 6.32. The summed E-state index contributed by atoms with van der Waals surface area (Å²) in [5.41, 5.74) is 2.15. The van der Waals surface area contributed by atoms with Gasteiger partial charge in [-0.2, -0.15) is 0 Å². The highest BCUT2D eigenvalue weighted by Crippen LogP contribution is 2.21. The number of hydrogen-bond donors (Lipinski definition) is 0. The molecule has 2 aromatic carbocycles. The molecule has 5 heteroatoms. The Labute approximate surface area is 130 Å². The molecule has 2 aromatic rings. The molecule has 0 heterocycles. The summed E-state index contributed by atoms with van der Waals surface area (Å²) in [5.74, 6) is -0.339. The van der Waals surface area contributed by atoms with E-state index < -0.39 is 15.8 Å². The molecular weight excluding hydrogens is 300 g/mol. The Morgan fingerprint density at radius 2 is 1.73 bits per heavy atom. The standard InChI is InChI=1S/C17H18O4S/c1-4-22(19,20)16-8-6-5-7-15(16)17(18)21-14-10-9-12(2)13(3)11-14/h5-11H,4H2,1-3H3. The molecule has 0 aliphatic carbocycles. The zero-order valence-electron chi connectivity index (χ0n) is 12.8. The molecule has 0 atom stereocenters. The summed E-state index contributed by atoms with van der Waals surface area (Å²) in [6, 6.07) is 11.4. The Kier molecular flexibility index (Phi) is 4.66. The first-order chi connectivity index (χ1) is 10.3. The van der Waals surface area contributed by atoms with Crippen molar-refractivity contribution in [2.24, 2.45) is 0 Å². The van der Waals surface area contributed by atoms with Gasteiger partial charge in [0.2, 0.25) is 0 Å². The number of sulfone groups is 1. The van der Waals surface area contributed by atoms with E-state index in [0.717, 1.165) is 11.1 Å². The number of carbonyl (C=O) groups excluding carboxylic acids is 1. The van der Waals surface area contributed by atoms with Crippen molar-refractivity contribution in [1.82, 2.24) is 0 Å². The predicted octanol–water partition coefficient (Wildman–Crippen LogP) is 3.32. The minimum atomic E-state index is -3.48. The van der Waals surface area contributed by atoms with Gasteiger partial charge >= 0.3 is 5.97 Å². The van der Waals surface area contributed by atoms with Gasteiger partial charge in [0.05, 0.1) is 16.2 Å². The second-order valence-electron chi connectivity index (χ2n) is 5.04. The van der Waals surface area contributed by atoms with E-state index in [9.17, 15) is 13.2 Å². The van der Waals surface area contributed by atoms with Crippen LogP contribution in [0.1, 0.15) is 28.4 Å². The van der Waals surface area contributed by atoms with Crippen LogP contribution in [0.4, 0.5) is 0 Å². The van der Waals surface area contributed by atoms with Crippen LogP contribution in [0.25, 0.3) is 0 Å². The van der Waals surface area contributed by atoms with Gasteiger partial charge in [0.25, 0.3) is 0 Å². The van der Waals surface area contributed by atoms with Gasteiger partial charge < -0.3 is 4.74 Å². The largest absolute Gasteiger partial charge is 0.423 e. The van der Waals surface area contributed by atoms with Gasteiger partial charge in [-0.15, -0.1) is 0 Å². The number of ether oxygens (including phenoxy) is 1. The van der Waals surface area contributed by atoms with Crippen molar-refractivity contribution in [3.8, 4) is 5.75 Å². The lowest BCUT2D eigenvalue weighted by Crippen LogP contribution is -2.15. The summed E-state index contributed by atoms with van der Waals surface area (Å²) in [6.07, 6.45) is 0. The van der Waals surface area contributed by atoms with Crippen LogP contribution in [-0.4, -0.2) is 20.1 Å². The molecule has 22 heavy (non-hydrogen) atoms. The van der Waals surface area contributed by atoms with Crippen LogP contribution in [0.2, 0.25) is 0 Å². The van der Waals surface area contributed by atoms with Gasteiger partial charge in [0.15, 0.2) is 9.84 Å². The van der Waals surface area contributed by atoms with Crippen molar-refractivity contribution in [3.63, 3.8) is 0 Å². The molecule has 0 amide bonds. The van der Waals surface area contributed by atoms with E-state index in [1.54, 1.807) is 31.2 Å². The fraction of sp³-hybridized carbons (Fsp3) is 0.235. The molecule has 0 aliphatic rings. The molecular formula is C17H18O4S. The van der Waals surface area contributed by atoms with Crippen molar-refractivity contribution in [1.29, 1.82) is 0 Å². The summed E-state index contributed by atoms with van der Waals surface area (Å²) in [7, 11) is -3.48. The monoisotopic (exact) mass is 318 g/mol. The van der Waals surface area contributed by atoms with Crippen molar-refractivity contribution < 1.29 is 17.9 Å². The molecule has 0 N–H and O–H groups in total. The van der Waals surface area contributed by atoms with Gasteiger partial charge in [-0.25, -0.2) is 13.2 Å². The highest BCUT2D eigenvalue weighted by molar-refractivity contribution is 7.91. The predicted molar refractivity (Wildman–Crippen MR) is 85.0 cm³/mol. The maximum Gasteiger partial charge on any atom is 0.344 e. The smallest absolute Gasteiger partial charge is 0.344 e. The van der Waals surface area contributed by atoms with E-state index in [2.05, 4.69) is 0 Å². The molecule has 0 saturated heterocycles. The Balaban J connectivity index is 2.36. The first kappa shape index (κ1) is 16.2. The minimum absolute atomic E-state index is 0.00586. The van der Waals surface area contributed by atoms with Gasteiger partial charge in [-0.05, 0) is 49.2 Å². The van der Waals surface area contributed by atoms with Crippen LogP contribution in [0.3, 0.4) is 0 Å². The Morgan fingerprint density at radius 1 is 1.05 bits per heavy atom. The lowest BCUT2D eigenvalue weighted by Gasteiger charge is -2.10. The maximum atomic E-state index is 12.3. The van der Waals surface area contributed by atoms with Gasteiger partial charge in [-0.3, -0.25) is 0 Å². The molecule has 0 saturated carbocycles. The number of hydrogen-bond acceptors (Lipinski definition) is 4. The molecule has 0 spiro atoms. The molecule has 4 nitrogen and oxygen atoms in total. The fourth-order valence-electron chi connectivity index (χ4n) is 2.00. The van der Waals surface area contributed by atoms with Gasteiger partial charge in [0, 0.05) is 0 Å². The summed E-state index contributed by atoms with van der Waals surface area (Å²) < 4.78 is 29.5. The van der Waals surface area contributed by atoms with E-state index in [4.69, 9.17) is 4.74 Å². The molecule has 0 aliphatic heterocycles. The normalized spacial score (nSPS) is 11.2. The topological polar surface area (TPSA) is 60.4 Å². The van der Waals surface area contributed by atoms with Crippen LogP contribution in [0.15, 0.2) is 47.4 Å². The Bertz CT molecular complexity index is 807. The van der Waals surface area contributed by atoms with Crippen molar-refractivity contribution in [2.75, 3.05) is 5.75 Å². The molecule has 0 bridgehead atoms. The summed E-state index contributed by atoms with van der Waals surface area (Å²) in [5, 5.41) is 0. The van der Waals surface area contributed by atoms with Crippen LogP contribution in [0, 0.1) is 13.8 Å². The van der Waals surface area contributed by atoms with Crippen molar-refractivity contribution >= 4 is 15.8 Å². The number of aryl methyl sites for hydroxylation is 2. The first-order valence-corrected chi connectivity index (χ1v) is 8.61. The SMILES string of the molecule is CCS(=O)(=O)c1ccccc1C(=O)Oc1ccc(C)c(C)c1. The van der Waals surface area contributed by atoms with Crippen molar-refractivity contribution in [2.45, 2.75) is 25.7 Å². The number of esters is 1. The van der Waals surface area contributed by atoms with E-state index >= 15 is 0 Å². The minimum Gasteiger partial charge on any atom is -0.423 e. The quantitative estimate of drug-likeness (QED) is 0.641. The van der Waals surface area contributed by atoms with Crippen LogP contribution in [-0.2, 0) is 9.84 Å². The number of carbonyl (C=O) groups is 1. The van der Waals surface area contributed by atoms with Crippen LogP contribution < -0.4 is 4.74 Å². The molecule has 0 unspecified atom stereocenters. The lowest BCUT2D eigenvalue weighted by molar-refractivity contribution is 0.0730. The zero-order chi connectivity index (χ0) is 16.3. The van der Waals surface area contributed by atoms with Crippen molar-refractivity contribution in [3.05, 3.63) is 59.2 Å². The van der Waals surface area contributed by atoms with E-state index in [0.29, 0.717) is 5.75 Å². The molecule has 116 valence electrons. The highest BCUT2D eigenvalue weighted by Gasteiger charge is 2.21. The van der Waals surface area contributed by atoms with Gasteiger partial charge in [0.1, 0.15) is 5.75 Å². The van der Waals surface area contributed by atoms with E-state index in [1.807, 2.05) is 19.9 Å². The third-order valence-corrected chi connectivity index (χ3v) is 5.30. The molecule has 0 fully saturated rings. The molecule has 2 rings (SSSR count). The van der Waals surface area contributed by atoms with E-state index in [-0.39, 0.29) is 16.2 Å². The average molecular weight is 318 g/mol. The Morgan fingerprint density at radius 3 is 2.36 bits per heavy atom. The molecule has 0 aromatic heterocycles. The maximum absolute atomic E-state index is 12.3. The lowest BCUT2D eigenvalue weighted by atomic mass is 10.1.